The molecule has 1 aliphatic rings. The Morgan fingerprint density at radius 3 is 2.62 bits per heavy atom. The number of ether oxygens (including phenoxy) is 1. The second-order valence-electron chi connectivity index (χ2n) is 6.06. The van der Waals surface area contributed by atoms with E-state index in [1.807, 2.05) is 0 Å². The Morgan fingerprint density at radius 1 is 1.27 bits per heavy atom. The van der Waals surface area contributed by atoms with Crippen LogP contribution in [0.3, 0.4) is 0 Å². The molecule has 1 N–H and O–H groups in total. The van der Waals surface area contributed by atoms with Crippen molar-refractivity contribution in [2.45, 2.75) is 19.0 Å². The van der Waals surface area contributed by atoms with Crippen molar-refractivity contribution in [1.82, 2.24) is 10.2 Å². The molecule has 1 aromatic carbocycles. The van der Waals surface area contributed by atoms with Gasteiger partial charge in [0.15, 0.2) is 0 Å². The number of rotatable bonds is 6. The molecule has 0 aliphatic carbocycles. The van der Waals surface area contributed by atoms with Gasteiger partial charge in [-0.25, -0.2) is 0 Å². The van der Waals surface area contributed by atoms with Crippen molar-refractivity contribution in [2.75, 3.05) is 32.8 Å². The molecule has 5 nitrogen and oxygen atoms in total. The second-order valence-corrected chi connectivity index (χ2v) is 6.49. The van der Waals surface area contributed by atoms with Crippen LogP contribution >= 0.6 is 11.6 Å². The second kappa shape index (κ2) is 9.23. The lowest BCUT2D eigenvalue weighted by atomic mass is 9.96. The van der Waals surface area contributed by atoms with Gasteiger partial charge in [-0.2, -0.15) is 13.2 Å². The summed E-state index contributed by atoms with van der Waals surface area (Å²) in [5.41, 5.74) is 0.496. The summed E-state index contributed by atoms with van der Waals surface area (Å²) in [7, 11) is 0. The quantitative estimate of drug-likeness (QED) is 0.757. The zero-order valence-electron chi connectivity index (χ0n) is 14.0. The molecule has 1 atom stereocenters. The molecule has 0 aromatic heterocycles. The number of piperidine rings is 1. The highest BCUT2D eigenvalue weighted by Crippen LogP contribution is 2.20. The van der Waals surface area contributed by atoms with E-state index in [2.05, 4.69) is 10.1 Å². The molecule has 0 spiro atoms. The van der Waals surface area contributed by atoms with Crippen LogP contribution in [0.1, 0.15) is 23.2 Å². The van der Waals surface area contributed by atoms with Crippen molar-refractivity contribution in [1.29, 1.82) is 0 Å². The molecule has 1 fully saturated rings. The summed E-state index contributed by atoms with van der Waals surface area (Å²) in [6, 6.07) is 6.52. The third kappa shape index (κ3) is 6.49. The van der Waals surface area contributed by atoms with Crippen LogP contribution in [-0.2, 0) is 9.53 Å². The number of halogens is 4. The number of likely N-dealkylation sites (tertiary alicyclic amines) is 1. The summed E-state index contributed by atoms with van der Waals surface area (Å²) in [5.74, 6) is -0.843. The molecule has 1 aliphatic heterocycles. The minimum Gasteiger partial charge on any atom is -0.370 e. The predicted octanol–water partition coefficient (Wildman–Crippen LogP) is 2.89. The van der Waals surface area contributed by atoms with Gasteiger partial charge in [0, 0.05) is 30.2 Å². The first-order chi connectivity index (χ1) is 12.3. The molecule has 0 saturated carbocycles. The Bertz CT molecular complexity index is 623. The van der Waals surface area contributed by atoms with E-state index in [-0.39, 0.29) is 37.4 Å². The Morgan fingerprint density at radius 2 is 1.96 bits per heavy atom. The van der Waals surface area contributed by atoms with Crippen LogP contribution in [0.5, 0.6) is 0 Å². The van der Waals surface area contributed by atoms with E-state index < -0.39 is 12.8 Å². The third-order valence-corrected chi connectivity index (χ3v) is 4.23. The highest BCUT2D eigenvalue weighted by Gasteiger charge is 2.29. The van der Waals surface area contributed by atoms with Gasteiger partial charge in [0.2, 0.25) is 5.91 Å². The number of hydrogen-bond acceptors (Lipinski definition) is 3. The zero-order chi connectivity index (χ0) is 19.2. The number of alkyl halides is 3. The standard InChI is InChI=1S/C17H20ClF3N2O3/c18-14-5-3-12(4-6-14)16(25)23-8-1-2-13(10-23)15(24)22-7-9-26-11-17(19,20)21/h3-6,13H,1-2,7-11H2,(H,22,24). The SMILES string of the molecule is O=C(NCCOCC(F)(F)F)C1CCCN(C(=O)c2ccc(Cl)cc2)C1. The van der Waals surface area contributed by atoms with Gasteiger partial charge in [-0.1, -0.05) is 11.6 Å². The molecule has 9 heteroatoms. The summed E-state index contributed by atoms with van der Waals surface area (Å²) in [5, 5.41) is 3.09. The normalized spacial score (nSPS) is 17.8. The number of nitrogens with zero attached hydrogens (tertiary/aromatic N) is 1. The fourth-order valence-electron chi connectivity index (χ4n) is 2.73. The van der Waals surface area contributed by atoms with Crippen molar-refractivity contribution in [2.24, 2.45) is 5.92 Å². The summed E-state index contributed by atoms with van der Waals surface area (Å²) < 4.78 is 40.3. The van der Waals surface area contributed by atoms with Gasteiger partial charge in [0.05, 0.1) is 12.5 Å². The maximum atomic E-state index is 12.5. The molecule has 1 saturated heterocycles. The van der Waals surface area contributed by atoms with E-state index in [9.17, 15) is 22.8 Å². The smallest absolute Gasteiger partial charge is 0.370 e. The first-order valence-electron chi connectivity index (χ1n) is 8.23. The summed E-state index contributed by atoms with van der Waals surface area (Å²) in [4.78, 5) is 26.3. The van der Waals surface area contributed by atoms with Gasteiger partial charge in [0.25, 0.3) is 5.91 Å². The first-order valence-corrected chi connectivity index (χ1v) is 8.61. The van der Waals surface area contributed by atoms with Crippen LogP contribution in [0.15, 0.2) is 24.3 Å². The summed E-state index contributed by atoms with van der Waals surface area (Å²) in [6.07, 6.45) is -3.07. The first kappa shape index (κ1) is 20.5. The van der Waals surface area contributed by atoms with Crippen molar-refractivity contribution in [3.8, 4) is 0 Å². The van der Waals surface area contributed by atoms with Crippen LogP contribution in [0.2, 0.25) is 5.02 Å². The maximum Gasteiger partial charge on any atom is 0.411 e. The summed E-state index contributed by atoms with van der Waals surface area (Å²) in [6.45, 7) is -0.728. The fourth-order valence-corrected chi connectivity index (χ4v) is 2.86. The van der Waals surface area contributed by atoms with Crippen LogP contribution in [0.25, 0.3) is 0 Å². The van der Waals surface area contributed by atoms with Gasteiger partial charge < -0.3 is 15.0 Å². The van der Waals surface area contributed by atoms with Gasteiger partial charge in [-0.15, -0.1) is 0 Å². The number of carbonyl (C=O) groups excluding carboxylic acids is 2. The lowest BCUT2D eigenvalue weighted by Gasteiger charge is -2.32. The lowest BCUT2D eigenvalue weighted by molar-refractivity contribution is -0.173. The fraction of sp³-hybridized carbons (Fsp3) is 0.529. The molecule has 1 heterocycles. The molecular formula is C17H20ClF3N2O3. The van der Waals surface area contributed by atoms with E-state index in [4.69, 9.17) is 11.6 Å². The van der Waals surface area contributed by atoms with Crippen LogP contribution in [0, 0.1) is 5.92 Å². The molecule has 1 unspecified atom stereocenters. The number of carbonyl (C=O) groups is 2. The zero-order valence-corrected chi connectivity index (χ0v) is 14.8. The minimum atomic E-state index is -4.38. The Hall–Kier alpha value is -1.80. The molecule has 1 aromatic rings. The van der Waals surface area contributed by atoms with Crippen LogP contribution < -0.4 is 5.32 Å². The van der Waals surface area contributed by atoms with Crippen molar-refractivity contribution in [3.05, 3.63) is 34.9 Å². The molecule has 26 heavy (non-hydrogen) atoms. The lowest BCUT2D eigenvalue weighted by Crippen LogP contribution is -2.46. The molecule has 0 bridgehead atoms. The summed E-state index contributed by atoms with van der Waals surface area (Å²) >= 11 is 5.81. The van der Waals surface area contributed by atoms with Gasteiger partial charge in [-0.3, -0.25) is 9.59 Å². The van der Waals surface area contributed by atoms with E-state index in [0.717, 1.165) is 0 Å². The van der Waals surface area contributed by atoms with Crippen LogP contribution in [0.4, 0.5) is 13.2 Å². The maximum absolute atomic E-state index is 12.5. The molecule has 144 valence electrons. The largest absolute Gasteiger partial charge is 0.411 e. The molecular weight excluding hydrogens is 373 g/mol. The Balaban J connectivity index is 1.79. The number of benzene rings is 1. The van der Waals surface area contributed by atoms with Crippen LogP contribution in [-0.4, -0.2) is 55.7 Å². The molecule has 2 amide bonds. The van der Waals surface area contributed by atoms with Gasteiger partial charge >= 0.3 is 6.18 Å². The van der Waals surface area contributed by atoms with E-state index >= 15 is 0 Å². The van der Waals surface area contributed by atoms with Crippen molar-refractivity contribution >= 4 is 23.4 Å². The van der Waals surface area contributed by atoms with Crippen molar-refractivity contribution in [3.63, 3.8) is 0 Å². The highest BCUT2D eigenvalue weighted by molar-refractivity contribution is 6.30. The van der Waals surface area contributed by atoms with Gasteiger partial charge in [-0.05, 0) is 37.1 Å². The van der Waals surface area contributed by atoms with E-state index in [0.29, 0.717) is 30.0 Å². The predicted molar refractivity (Wildman–Crippen MR) is 90.0 cm³/mol. The Labute approximate surface area is 154 Å². The monoisotopic (exact) mass is 392 g/mol. The average molecular weight is 393 g/mol. The van der Waals surface area contributed by atoms with Gasteiger partial charge in [0.1, 0.15) is 6.61 Å². The van der Waals surface area contributed by atoms with Crippen molar-refractivity contribution < 1.29 is 27.5 Å². The highest BCUT2D eigenvalue weighted by atomic mass is 35.5. The number of hydrogen-bond donors (Lipinski definition) is 1. The minimum absolute atomic E-state index is 0.00343. The molecule has 0 radical (unpaired) electrons. The van der Waals surface area contributed by atoms with E-state index in [1.54, 1.807) is 29.2 Å². The average Bonchev–Trinajstić information content (AvgIpc) is 2.60. The third-order valence-electron chi connectivity index (χ3n) is 3.98. The Kier molecular flexibility index (Phi) is 7.28. The number of nitrogens with one attached hydrogen (secondary N) is 1. The molecule has 2 rings (SSSR count). The topological polar surface area (TPSA) is 58.6 Å². The number of amides is 2. The van der Waals surface area contributed by atoms with E-state index in [1.165, 1.54) is 0 Å².